The SMILES string of the molecule is Cc1cc(C(F)F)n2ncc(C(=O)N3CCCC(c4ncncc4-c4ccncc4)C3)c2n1. The molecule has 4 aromatic heterocycles. The molecule has 1 aliphatic rings. The van der Waals surface area contributed by atoms with Crippen LogP contribution in [0, 0.1) is 6.92 Å². The van der Waals surface area contributed by atoms with Crippen LogP contribution in [0.4, 0.5) is 8.78 Å². The number of nitrogens with zero attached hydrogens (tertiary/aromatic N) is 7. The van der Waals surface area contributed by atoms with Crippen molar-refractivity contribution in [2.45, 2.75) is 32.1 Å². The van der Waals surface area contributed by atoms with E-state index in [1.54, 1.807) is 30.4 Å². The molecule has 1 unspecified atom stereocenters. The third kappa shape index (κ3) is 3.92. The van der Waals surface area contributed by atoms with Gasteiger partial charge in [-0.05, 0) is 43.5 Å². The van der Waals surface area contributed by atoms with Crippen LogP contribution in [-0.4, -0.2) is 53.4 Å². The van der Waals surface area contributed by atoms with Crippen LogP contribution in [0.5, 0.6) is 0 Å². The summed E-state index contributed by atoms with van der Waals surface area (Å²) < 4.78 is 28.0. The zero-order valence-electron chi connectivity index (χ0n) is 17.9. The highest BCUT2D eigenvalue weighted by atomic mass is 19.3. The zero-order chi connectivity index (χ0) is 22.9. The van der Waals surface area contributed by atoms with Gasteiger partial charge >= 0.3 is 0 Å². The molecule has 1 amide bonds. The Balaban J connectivity index is 1.46. The van der Waals surface area contributed by atoms with Gasteiger partial charge in [0.2, 0.25) is 0 Å². The first-order valence-corrected chi connectivity index (χ1v) is 10.7. The molecule has 1 fully saturated rings. The van der Waals surface area contributed by atoms with Gasteiger partial charge in [0.25, 0.3) is 12.3 Å². The van der Waals surface area contributed by atoms with Crippen LogP contribution in [0.25, 0.3) is 16.8 Å². The van der Waals surface area contributed by atoms with E-state index >= 15 is 0 Å². The van der Waals surface area contributed by atoms with E-state index in [1.807, 2.05) is 12.1 Å². The quantitative estimate of drug-likeness (QED) is 0.470. The van der Waals surface area contributed by atoms with E-state index in [4.69, 9.17) is 0 Å². The smallest absolute Gasteiger partial charge is 0.280 e. The van der Waals surface area contributed by atoms with Crippen LogP contribution in [0.1, 0.15) is 52.6 Å². The van der Waals surface area contributed by atoms with Crippen molar-refractivity contribution in [2.75, 3.05) is 13.1 Å². The van der Waals surface area contributed by atoms with Crippen molar-refractivity contribution < 1.29 is 13.6 Å². The molecule has 0 saturated carbocycles. The fraction of sp³-hybridized carbons (Fsp3) is 0.304. The molecule has 0 radical (unpaired) electrons. The van der Waals surface area contributed by atoms with Crippen molar-refractivity contribution in [1.29, 1.82) is 0 Å². The maximum Gasteiger partial charge on any atom is 0.280 e. The summed E-state index contributed by atoms with van der Waals surface area (Å²) in [5, 5.41) is 4.03. The summed E-state index contributed by atoms with van der Waals surface area (Å²) in [6.07, 6.45) is 7.01. The Bertz CT molecular complexity index is 1310. The highest BCUT2D eigenvalue weighted by Gasteiger charge is 2.30. The average molecular weight is 449 g/mol. The number of piperidine rings is 1. The van der Waals surface area contributed by atoms with E-state index in [0.717, 1.165) is 34.2 Å². The number of pyridine rings is 1. The number of hydrogen-bond donors (Lipinski definition) is 0. The van der Waals surface area contributed by atoms with Gasteiger partial charge < -0.3 is 4.90 Å². The van der Waals surface area contributed by atoms with Gasteiger partial charge in [-0.15, -0.1) is 0 Å². The normalized spacial score (nSPS) is 16.5. The van der Waals surface area contributed by atoms with Crippen LogP contribution in [-0.2, 0) is 0 Å². The maximum atomic E-state index is 13.5. The molecule has 168 valence electrons. The van der Waals surface area contributed by atoms with E-state index in [2.05, 4.69) is 25.0 Å². The van der Waals surface area contributed by atoms with E-state index in [-0.39, 0.29) is 28.7 Å². The topological polar surface area (TPSA) is 89.2 Å². The summed E-state index contributed by atoms with van der Waals surface area (Å²) in [6, 6.07) is 5.09. The minimum absolute atomic E-state index is 0.0158. The standard InChI is InChI=1S/C23H21F2N7O/c1-14-9-19(21(24)25)32-22(30-14)18(11-29-32)23(33)31-8-2-3-16(12-31)20-17(10-27-13-28-20)15-4-6-26-7-5-15/h4-7,9-11,13,16,21H,2-3,8,12H2,1H3. The highest BCUT2D eigenvalue weighted by Crippen LogP contribution is 2.33. The molecular formula is C23H21F2N7O. The fourth-order valence-corrected chi connectivity index (χ4v) is 4.39. The molecule has 8 nitrogen and oxygen atoms in total. The Morgan fingerprint density at radius 3 is 2.79 bits per heavy atom. The lowest BCUT2D eigenvalue weighted by Crippen LogP contribution is -2.39. The largest absolute Gasteiger partial charge is 0.338 e. The van der Waals surface area contributed by atoms with Gasteiger partial charge in [0.1, 0.15) is 17.6 Å². The molecule has 0 spiro atoms. The second-order valence-corrected chi connectivity index (χ2v) is 8.06. The number of aromatic nitrogens is 6. The predicted octanol–water partition coefficient (Wildman–Crippen LogP) is 3.85. The summed E-state index contributed by atoms with van der Waals surface area (Å²) in [5.74, 6) is -0.255. The van der Waals surface area contributed by atoms with Gasteiger partial charge in [0.05, 0.1) is 11.9 Å². The van der Waals surface area contributed by atoms with Gasteiger partial charge in [0.15, 0.2) is 5.65 Å². The molecule has 1 atom stereocenters. The monoisotopic (exact) mass is 449 g/mol. The summed E-state index contributed by atoms with van der Waals surface area (Å²) in [6.45, 7) is 2.65. The number of carbonyl (C=O) groups excluding carboxylic acids is 1. The number of amides is 1. The van der Waals surface area contributed by atoms with Gasteiger partial charge in [0, 0.05) is 48.9 Å². The van der Waals surface area contributed by atoms with Gasteiger partial charge in [-0.3, -0.25) is 9.78 Å². The fourth-order valence-electron chi connectivity index (χ4n) is 4.39. The Morgan fingerprint density at radius 1 is 1.18 bits per heavy atom. The average Bonchev–Trinajstić information content (AvgIpc) is 3.27. The minimum atomic E-state index is -2.72. The van der Waals surface area contributed by atoms with Crippen LogP contribution in [0.3, 0.4) is 0 Å². The number of aryl methyl sites for hydroxylation is 1. The van der Waals surface area contributed by atoms with Gasteiger partial charge in [-0.25, -0.2) is 28.2 Å². The molecule has 0 aromatic carbocycles. The Hall–Kier alpha value is -3.82. The van der Waals surface area contributed by atoms with E-state index in [1.165, 1.54) is 18.6 Å². The van der Waals surface area contributed by atoms with Crippen LogP contribution < -0.4 is 0 Å². The zero-order valence-corrected chi connectivity index (χ0v) is 17.9. The second kappa shape index (κ2) is 8.61. The van der Waals surface area contributed by atoms with Crippen molar-refractivity contribution >= 4 is 11.6 Å². The molecule has 5 heterocycles. The number of hydrogen-bond acceptors (Lipinski definition) is 6. The number of halogens is 2. The number of carbonyl (C=O) groups is 1. The van der Waals surface area contributed by atoms with Crippen molar-refractivity contribution in [3.05, 3.63) is 72.0 Å². The third-order valence-electron chi connectivity index (χ3n) is 5.91. The number of fused-ring (bicyclic) bond motifs is 1. The predicted molar refractivity (Wildman–Crippen MR) is 116 cm³/mol. The van der Waals surface area contributed by atoms with Crippen LogP contribution >= 0.6 is 0 Å². The van der Waals surface area contributed by atoms with Crippen molar-refractivity contribution in [2.24, 2.45) is 0 Å². The number of likely N-dealkylation sites (tertiary alicyclic amines) is 1. The molecule has 4 aromatic rings. The Kier molecular flexibility index (Phi) is 5.49. The summed E-state index contributed by atoms with van der Waals surface area (Å²) in [5.41, 5.74) is 3.25. The lowest BCUT2D eigenvalue weighted by Gasteiger charge is -2.33. The van der Waals surface area contributed by atoms with Crippen molar-refractivity contribution in [3.63, 3.8) is 0 Å². The molecular weight excluding hydrogens is 428 g/mol. The van der Waals surface area contributed by atoms with Crippen molar-refractivity contribution in [1.82, 2.24) is 34.4 Å². The first-order valence-electron chi connectivity index (χ1n) is 10.7. The molecule has 0 bridgehead atoms. The first kappa shape index (κ1) is 21.0. The van der Waals surface area contributed by atoms with E-state index in [9.17, 15) is 13.6 Å². The summed E-state index contributed by atoms with van der Waals surface area (Å²) >= 11 is 0. The van der Waals surface area contributed by atoms with Gasteiger partial charge in [-0.1, -0.05) is 0 Å². The molecule has 0 aliphatic carbocycles. The maximum absolute atomic E-state index is 13.5. The van der Waals surface area contributed by atoms with Crippen LogP contribution in [0.15, 0.2) is 49.3 Å². The highest BCUT2D eigenvalue weighted by molar-refractivity contribution is 5.99. The third-order valence-corrected chi connectivity index (χ3v) is 5.91. The minimum Gasteiger partial charge on any atom is -0.338 e. The Morgan fingerprint density at radius 2 is 2.00 bits per heavy atom. The molecule has 5 rings (SSSR count). The molecule has 1 aliphatic heterocycles. The molecule has 1 saturated heterocycles. The van der Waals surface area contributed by atoms with E-state index in [0.29, 0.717) is 18.8 Å². The number of rotatable bonds is 4. The Labute approximate surface area is 188 Å². The van der Waals surface area contributed by atoms with Crippen LogP contribution in [0.2, 0.25) is 0 Å². The second-order valence-electron chi connectivity index (χ2n) is 8.06. The van der Waals surface area contributed by atoms with Crippen molar-refractivity contribution in [3.8, 4) is 11.1 Å². The summed E-state index contributed by atoms with van der Waals surface area (Å²) in [7, 11) is 0. The number of alkyl halides is 2. The van der Waals surface area contributed by atoms with E-state index < -0.39 is 6.43 Å². The lowest BCUT2D eigenvalue weighted by atomic mass is 9.90. The molecule has 0 N–H and O–H groups in total. The molecule has 10 heteroatoms. The molecule has 33 heavy (non-hydrogen) atoms. The first-order chi connectivity index (χ1) is 16.0. The van der Waals surface area contributed by atoms with Gasteiger partial charge in [-0.2, -0.15) is 5.10 Å². The summed E-state index contributed by atoms with van der Waals surface area (Å²) in [4.78, 5) is 32.3. The lowest BCUT2D eigenvalue weighted by molar-refractivity contribution is 0.0707.